The summed E-state index contributed by atoms with van der Waals surface area (Å²) in [5.41, 5.74) is -0.703. The van der Waals surface area contributed by atoms with Crippen molar-refractivity contribution in [2.75, 3.05) is 5.32 Å². The van der Waals surface area contributed by atoms with Gasteiger partial charge in [-0.2, -0.15) is 0 Å². The summed E-state index contributed by atoms with van der Waals surface area (Å²) in [5.74, 6) is -0.418. The maximum atomic E-state index is 11.7. The average molecular weight is 308 g/mol. The smallest absolute Gasteiger partial charge is 0.255 e. The van der Waals surface area contributed by atoms with E-state index in [0.29, 0.717) is 5.69 Å². The fourth-order valence-corrected chi connectivity index (χ4v) is 1.96. The standard InChI is InChI=1S/C14H14BrNO2/c1-14(2,18)13(17)16-12-6-4-9-7-11(15)5-3-10(9)8-12/h3-8,18H,1-2H3,(H,16,17). The number of anilines is 1. The molecule has 0 saturated carbocycles. The third-order valence-corrected chi connectivity index (χ3v) is 3.11. The summed E-state index contributed by atoms with van der Waals surface area (Å²) in [5, 5.41) is 14.4. The minimum atomic E-state index is -1.38. The van der Waals surface area contributed by atoms with E-state index >= 15 is 0 Å². The highest BCUT2D eigenvalue weighted by Crippen LogP contribution is 2.23. The summed E-state index contributed by atoms with van der Waals surface area (Å²) in [6.07, 6.45) is 0. The van der Waals surface area contributed by atoms with Crippen molar-refractivity contribution in [2.45, 2.75) is 19.4 Å². The Morgan fingerprint density at radius 3 is 2.44 bits per heavy atom. The second-order valence-corrected chi connectivity index (χ2v) is 5.64. The van der Waals surface area contributed by atoms with Gasteiger partial charge in [0, 0.05) is 10.2 Å². The highest BCUT2D eigenvalue weighted by Gasteiger charge is 2.23. The number of carbonyl (C=O) groups excluding carboxylic acids is 1. The molecule has 0 spiro atoms. The molecule has 2 aromatic carbocycles. The van der Waals surface area contributed by atoms with Crippen LogP contribution in [-0.4, -0.2) is 16.6 Å². The summed E-state index contributed by atoms with van der Waals surface area (Å²) in [4.78, 5) is 11.7. The molecule has 0 heterocycles. The number of rotatable bonds is 2. The number of carbonyl (C=O) groups is 1. The lowest BCUT2D eigenvalue weighted by molar-refractivity contribution is -0.130. The van der Waals surface area contributed by atoms with Crippen LogP contribution in [0.25, 0.3) is 10.8 Å². The molecule has 0 unspecified atom stereocenters. The molecule has 0 saturated heterocycles. The Bertz CT molecular complexity index is 602. The van der Waals surface area contributed by atoms with Gasteiger partial charge in [-0.1, -0.05) is 28.1 Å². The van der Waals surface area contributed by atoms with Crippen molar-refractivity contribution in [3.8, 4) is 0 Å². The van der Waals surface area contributed by atoms with E-state index in [1.165, 1.54) is 13.8 Å². The van der Waals surface area contributed by atoms with E-state index in [0.717, 1.165) is 15.2 Å². The molecule has 18 heavy (non-hydrogen) atoms. The Kier molecular flexibility index (Phi) is 3.41. The number of hydrogen-bond donors (Lipinski definition) is 2. The van der Waals surface area contributed by atoms with Crippen LogP contribution in [0.1, 0.15) is 13.8 Å². The minimum absolute atomic E-state index is 0.418. The van der Waals surface area contributed by atoms with Crippen LogP contribution < -0.4 is 5.32 Å². The first-order chi connectivity index (χ1) is 8.36. The van der Waals surface area contributed by atoms with Crippen LogP contribution in [-0.2, 0) is 4.79 Å². The lowest BCUT2D eigenvalue weighted by Gasteiger charge is -2.16. The third kappa shape index (κ3) is 2.89. The summed E-state index contributed by atoms with van der Waals surface area (Å²) in [7, 11) is 0. The number of aliphatic hydroxyl groups is 1. The van der Waals surface area contributed by atoms with Gasteiger partial charge in [-0.05, 0) is 48.9 Å². The van der Waals surface area contributed by atoms with Gasteiger partial charge in [-0.3, -0.25) is 4.79 Å². The maximum absolute atomic E-state index is 11.7. The maximum Gasteiger partial charge on any atom is 0.255 e. The minimum Gasteiger partial charge on any atom is -0.381 e. The van der Waals surface area contributed by atoms with Crippen molar-refractivity contribution in [1.82, 2.24) is 0 Å². The first-order valence-corrected chi connectivity index (χ1v) is 6.39. The van der Waals surface area contributed by atoms with Gasteiger partial charge < -0.3 is 10.4 Å². The second-order valence-electron chi connectivity index (χ2n) is 4.72. The first-order valence-electron chi connectivity index (χ1n) is 5.59. The van der Waals surface area contributed by atoms with Crippen molar-refractivity contribution >= 4 is 38.3 Å². The Labute approximate surface area is 114 Å². The van der Waals surface area contributed by atoms with Gasteiger partial charge in [0.25, 0.3) is 5.91 Å². The molecule has 0 atom stereocenters. The molecule has 2 N–H and O–H groups in total. The molecular formula is C14H14BrNO2. The molecule has 0 aliphatic heterocycles. The van der Waals surface area contributed by atoms with Gasteiger partial charge >= 0.3 is 0 Å². The Hall–Kier alpha value is -1.39. The first kappa shape index (κ1) is 13.1. The predicted octanol–water partition coefficient (Wildman–Crippen LogP) is 3.31. The van der Waals surface area contributed by atoms with E-state index in [-0.39, 0.29) is 0 Å². The second kappa shape index (κ2) is 4.71. The van der Waals surface area contributed by atoms with Gasteiger partial charge in [-0.25, -0.2) is 0 Å². The molecule has 0 radical (unpaired) electrons. The van der Waals surface area contributed by atoms with Crippen LogP contribution in [0.5, 0.6) is 0 Å². The zero-order valence-electron chi connectivity index (χ0n) is 10.2. The van der Waals surface area contributed by atoms with E-state index < -0.39 is 11.5 Å². The van der Waals surface area contributed by atoms with Crippen LogP contribution in [0.4, 0.5) is 5.69 Å². The van der Waals surface area contributed by atoms with Gasteiger partial charge in [0.05, 0.1) is 0 Å². The van der Waals surface area contributed by atoms with E-state index in [4.69, 9.17) is 0 Å². The lowest BCUT2D eigenvalue weighted by Crippen LogP contribution is -2.36. The number of benzene rings is 2. The molecule has 0 bridgehead atoms. The van der Waals surface area contributed by atoms with Crippen LogP contribution in [0, 0.1) is 0 Å². The normalized spacial score (nSPS) is 11.6. The van der Waals surface area contributed by atoms with Gasteiger partial charge in [0.1, 0.15) is 5.60 Å². The van der Waals surface area contributed by atoms with Crippen molar-refractivity contribution in [2.24, 2.45) is 0 Å². The molecule has 0 fully saturated rings. The Balaban J connectivity index is 2.31. The molecule has 0 aromatic heterocycles. The highest BCUT2D eigenvalue weighted by atomic mass is 79.9. The van der Waals surface area contributed by atoms with Gasteiger partial charge in [-0.15, -0.1) is 0 Å². The van der Waals surface area contributed by atoms with Crippen molar-refractivity contribution in [3.05, 3.63) is 40.9 Å². The summed E-state index contributed by atoms with van der Waals surface area (Å²) >= 11 is 3.41. The van der Waals surface area contributed by atoms with Crippen LogP contribution in [0.15, 0.2) is 40.9 Å². The zero-order valence-corrected chi connectivity index (χ0v) is 11.8. The zero-order chi connectivity index (χ0) is 13.3. The fraction of sp³-hybridized carbons (Fsp3) is 0.214. The van der Waals surface area contributed by atoms with Crippen LogP contribution >= 0.6 is 15.9 Å². The van der Waals surface area contributed by atoms with E-state index in [1.54, 1.807) is 0 Å². The number of halogens is 1. The van der Waals surface area contributed by atoms with E-state index in [2.05, 4.69) is 21.2 Å². The molecular weight excluding hydrogens is 294 g/mol. The highest BCUT2D eigenvalue weighted by molar-refractivity contribution is 9.10. The van der Waals surface area contributed by atoms with Crippen molar-refractivity contribution in [3.63, 3.8) is 0 Å². The summed E-state index contributed by atoms with van der Waals surface area (Å²) in [6.45, 7) is 2.92. The monoisotopic (exact) mass is 307 g/mol. The number of amides is 1. The average Bonchev–Trinajstić information content (AvgIpc) is 2.28. The third-order valence-electron chi connectivity index (χ3n) is 2.62. The largest absolute Gasteiger partial charge is 0.381 e. The van der Waals surface area contributed by atoms with Gasteiger partial charge in [0.15, 0.2) is 0 Å². The molecule has 1 amide bonds. The molecule has 94 valence electrons. The molecule has 2 aromatic rings. The SMILES string of the molecule is CC(C)(O)C(=O)Nc1ccc2cc(Br)ccc2c1. The number of hydrogen-bond acceptors (Lipinski definition) is 2. The molecule has 0 aliphatic rings. The molecule has 2 rings (SSSR count). The van der Waals surface area contributed by atoms with E-state index in [9.17, 15) is 9.90 Å². The summed E-state index contributed by atoms with van der Waals surface area (Å²) < 4.78 is 1.02. The Morgan fingerprint density at radius 1 is 1.17 bits per heavy atom. The van der Waals surface area contributed by atoms with Crippen molar-refractivity contribution < 1.29 is 9.90 Å². The van der Waals surface area contributed by atoms with Gasteiger partial charge in [0.2, 0.25) is 0 Å². The Morgan fingerprint density at radius 2 is 1.78 bits per heavy atom. The summed E-state index contributed by atoms with van der Waals surface area (Å²) in [6, 6.07) is 11.6. The van der Waals surface area contributed by atoms with Crippen molar-refractivity contribution in [1.29, 1.82) is 0 Å². The number of nitrogens with one attached hydrogen (secondary N) is 1. The lowest BCUT2D eigenvalue weighted by atomic mass is 10.1. The molecule has 4 heteroatoms. The quantitative estimate of drug-likeness (QED) is 0.894. The fourth-order valence-electron chi connectivity index (χ4n) is 1.58. The molecule has 3 nitrogen and oxygen atoms in total. The molecule has 0 aliphatic carbocycles. The number of fused-ring (bicyclic) bond motifs is 1. The van der Waals surface area contributed by atoms with Crippen LogP contribution in [0.3, 0.4) is 0 Å². The van der Waals surface area contributed by atoms with Crippen LogP contribution in [0.2, 0.25) is 0 Å². The predicted molar refractivity (Wildman–Crippen MR) is 76.6 cm³/mol. The topological polar surface area (TPSA) is 49.3 Å². The van der Waals surface area contributed by atoms with E-state index in [1.807, 2.05) is 36.4 Å².